The van der Waals surface area contributed by atoms with E-state index in [1.54, 1.807) is 31.4 Å². The lowest BCUT2D eigenvalue weighted by atomic mass is 10.3. The number of anilines is 1. The summed E-state index contributed by atoms with van der Waals surface area (Å²) in [5.74, 6) is 0.307. The molecule has 8 heteroatoms. The Hall–Kier alpha value is -1.83. The van der Waals surface area contributed by atoms with Gasteiger partial charge in [0, 0.05) is 4.90 Å². The number of nitrogens with one attached hydrogen (secondary N) is 1. The van der Waals surface area contributed by atoms with Gasteiger partial charge in [-0.2, -0.15) is 0 Å². The van der Waals surface area contributed by atoms with Crippen LogP contribution in [0, 0.1) is 5.82 Å². The van der Waals surface area contributed by atoms with Gasteiger partial charge in [-0.25, -0.2) is 9.37 Å². The van der Waals surface area contributed by atoms with Crippen LogP contribution in [0.4, 0.5) is 9.52 Å². The van der Waals surface area contributed by atoms with Crippen molar-refractivity contribution in [2.75, 3.05) is 18.2 Å². The molecule has 124 valence electrons. The lowest BCUT2D eigenvalue weighted by Crippen LogP contribution is -2.13. The molecule has 0 aliphatic rings. The van der Waals surface area contributed by atoms with E-state index in [4.69, 9.17) is 16.3 Å². The minimum absolute atomic E-state index is 0.196. The second-order valence-corrected chi connectivity index (χ2v) is 7.19. The molecule has 2 aromatic carbocycles. The summed E-state index contributed by atoms with van der Waals surface area (Å²) in [6.45, 7) is 0. The van der Waals surface area contributed by atoms with Gasteiger partial charge in [0.2, 0.25) is 5.91 Å². The summed E-state index contributed by atoms with van der Waals surface area (Å²) in [7, 11) is 1.56. The fourth-order valence-corrected chi connectivity index (χ4v) is 3.88. The largest absolute Gasteiger partial charge is 0.494 e. The second-order valence-electron chi connectivity index (χ2n) is 4.74. The Bertz CT molecular complexity index is 884. The minimum atomic E-state index is -0.302. The SMILES string of the molecule is COc1ccc(Cl)c2sc(NC(=O)CSc3ccc(F)cc3)nc12. The molecule has 0 aliphatic carbocycles. The van der Waals surface area contributed by atoms with Crippen molar-refractivity contribution in [3.8, 4) is 5.75 Å². The fourth-order valence-electron chi connectivity index (χ4n) is 2.01. The van der Waals surface area contributed by atoms with Crippen molar-refractivity contribution < 1.29 is 13.9 Å². The number of hydrogen-bond acceptors (Lipinski definition) is 5. The average Bonchev–Trinajstić information content (AvgIpc) is 2.99. The number of methoxy groups -OCH3 is 1. The summed E-state index contributed by atoms with van der Waals surface area (Å²) in [5.41, 5.74) is 0.622. The molecule has 0 saturated carbocycles. The molecule has 0 fully saturated rings. The van der Waals surface area contributed by atoms with E-state index < -0.39 is 0 Å². The number of amides is 1. The standard InChI is InChI=1S/C16H12ClFN2O2S2/c1-22-12-7-6-11(17)15-14(12)20-16(24-15)19-13(21)8-23-10-4-2-9(18)3-5-10/h2-7H,8H2,1H3,(H,19,20,21). The zero-order valence-electron chi connectivity index (χ0n) is 12.5. The molecule has 0 aliphatic heterocycles. The number of carbonyl (C=O) groups excluding carboxylic acids is 1. The molecule has 1 aromatic heterocycles. The van der Waals surface area contributed by atoms with Gasteiger partial charge in [0.05, 0.1) is 22.6 Å². The number of carbonyl (C=O) groups is 1. The van der Waals surface area contributed by atoms with E-state index in [0.29, 0.717) is 21.4 Å². The molecule has 1 heterocycles. The van der Waals surface area contributed by atoms with Gasteiger partial charge in [-0.3, -0.25) is 4.79 Å². The third-order valence-corrected chi connectivity index (χ3v) is 5.55. The first-order valence-corrected chi connectivity index (χ1v) is 9.06. The Kier molecular flexibility index (Phi) is 5.23. The number of benzene rings is 2. The number of fused-ring (bicyclic) bond motifs is 1. The summed E-state index contributed by atoms with van der Waals surface area (Å²) in [6.07, 6.45) is 0. The fraction of sp³-hybridized carbons (Fsp3) is 0.125. The van der Waals surface area contributed by atoms with Crippen molar-refractivity contribution in [1.82, 2.24) is 4.98 Å². The predicted molar refractivity (Wildman–Crippen MR) is 96.9 cm³/mol. The number of aromatic nitrogens is 1. The van der Waals surface area contributed by atoms with E-state index in [1.165, 1.54) is 35.2 Å². The minimum Gasteiger partial charge on any atom is -0.494 e. The third kappa shape index (κ3) is 3.80. The zero-order valence-corrected chi connectivity index (χ0v) is 14.9. The van der Waals surface area contributed by atoms with Crippen LogP contribution in [-0.4, -0.2) is 23.8 Å². The van der Waals surface area contributed by atoms with Gasteiger partial charge in [0.25, 0.3) is 0 Å². The van der Waals surface area contributed by atoms with Crippen LogP contribution in [0.25, 0.3) is 10.2 Å². The maximum atomic E-state index is 12.9. The van der Waals surface area contributed by atoms with Crippen LogP contribution in [0.1, 0.15) is 0 Å². The Morgan fingerprint density at radius 1 is 1.33 bits per heavy atom. The predicted octanol–water partition coefficient (Wildman–Crippen LogP) is 4.83. The van der Waals surface area contributed by atoms with Crippen LogP contribution in [0.15, 0.2) is 41.3 Å². The molecule has 0 saturated heterocycles. The Labute approximate surface area is 151 Å². The molecule has 0 atom stereocenters. The average molecular weight is 383 g/mol. The van der Waals surface area contributed by atoms with Gasteiger partial charge in [-0.05, 0) is 36.4 Å². The monoisotopic (exact) mass is 382 g/mol. The zero-order chi connectivity index (χ0) is 17.1. The van der Waals surface area contributed by atoms with E-state index in [-0.39, 0.29) is 17.5 Å². The van der Waals surface area contributed by atoms with Crippen LogP contribution in [-0.2, 0) is 4.79 Å². The first-order chi connectivity index (χ1) is 11.6. The number of hydrogen-bond donors (Lipinski definition) is 1. The van der Waals surface area contributed by atoms with Crippen LogP contribution < -0.4 is 10.1 Å². The molecule has 24 heavy (non-hydrogen) atoms. The van der Waals surface area contributed by atoms with Gasteiger partial charge >= 0.3 is 0 Å². The number of thiazole rings is 1. The van der Waals surface area contributed by atoms with Crippen molar-refractivity contribution in [2.45, 2.75) is 4.90 Å². The highest BCUT2D eigenvalue weighted by molar-refractivity contribution is 8.00. The molecule has 3 rings (SSSR count). The van der Waals surface area contributed by atoms with Gasteiger partial charge in [-0.15, -0.1) is 11.8 Å². The van der Waals surface area contributed by atoms with Gasteiger partial charge in [-0.1, -0.05) is 22.9 Å². The Morgan fingerprint density at radius 3 is 2.79 bits per heavy atom. The molecule has 0 spiro atoms. The molecular weight excluding hydrogens is 371 g/mol. The third-order valence-electron chi connectivity index (χ3n) is 3.11. The maximum absolute atomic E-state index is 12.9. The van der Waals surface area contributed by atoms with Crippen LogP contribution in [0.3, 0.4) is 0 Å². The Balaban J connectivity index is 1.69. The van der Waals surface area contributed by atoms with Crippen LogP contribution in [0.2, 0.25) is 5.02 Å². The van der Waals surface area contributed by atoms with Crippen molar-refractivity contribution in [3.05, 3.63) is 47.2 Å². The molecule has 4 nitrogen and oxygen atoms in total. The van der Waals surface area contributed by atoms with Gasteiger partial charge in [0.15, 0.2) is 5.13 Å². The van der Waals surface area contributed by atoms with E-state index in [0.717, 1.165) is 9.60 Å². The van der Waals surface area contributed by atoms with Crippen molar-refractivity contribution in [2.24, 2.45) is 0 Å². The number of ether oxygens (including phenoxy) is 1. The summed E-state index contributed by atoms with van der Waals surface area (Å²) in [6, 6.07) is 9.46. The molecule has 0 radical (unpaired) electrons. The van der Waals surface area contributed by atoms with Gasteiger partial charge in [0.1, 0.15) is 17.1 Å². The molecular formula is C16H12ClFN2O2S2. The highest BCUT2D eigenvalue weighted by Gasteiger charge is 2.14. The second kappa shape index (κ2) is 7.38. The van der Waals surface area contributed by atoms with Crippen molar-refractivity contribution in [1.29, 1.82) is 0 Å². The maximum Gasteiger partial charge on any atom is 0.236 e. The van der Waals surface area contributed by atoms with E-state index >= 15 is 0 Å². The number of nitrogens with zero attached hydrogens (tertiary/aromatic N) is 1. The van der Waals surface area contributed by atoms with E-state index in [9.17, 15) is 9.18 Å². The lowest BCUT2D eigenvalue weighted by Gasteiger charge is -2.02. The number of halogens is 2. The van der Waals surface area contributed by atoms with Crippen molar-refractivity contribution >= 4 is 56.0 Å². The lowest BCUT2D eigenvalue weighted by molar-refractivity contribution is -0.113. The number of rotatable bonds is 5. The summed E-state index contributed by atoms with van der Waals surface area (Å²) in [4.78, 5) is 17.3. The summed E-state index contributed by atoms with van der Waals surface area (Å²) in [5, 5.41) is 3.77. The highest BCUT2D eigenvalue weighted by Crippen LogP contribution is 2.37. The summed E-state index contributed by atoms with van der Waals surface area (Å²) >= 11 is 8.77. The highest BCUT2D eigenvalue weighted by atomic mass is 35.5. The smallest absolute Gasteiger partial charge is 0.236 e. The topological polar surface area (TPSA) is 51.2 Å². The first-order valence-electron chi connectivity index (χ1n) is 6.88. The normalized spacial score (nSPS) is 10.8. The summed E-state index contributed by atoms with van der Waals surface area (Å²) < 4.78 is 18.9. The van der Waals surface area contributed by atoms with E-state index in [1.807, 2.05) is 0 Å². The van der Waals surface area contributed by atoms with Gasteiger partial charge < -0.3 is 10.1 Å². The van der Waals surface area contributed by atoms with E-state index in [2.05, 4.69) is 10.3 Å². The molecule has 1 N–H and O–H groups in total. The van der Waals surface area contributed by atoms with Crippen molar-refractivity contribution in [3.63, 3.8) is 0 Å². The molecule has 3 aromatic rings. The van der Waals surface area contributed by atoms with Crippen LogP contribution in [0.5, 0.6) is 5.75 Å². The molecule has 0 unspecified atom stereocenters. The number of thioether (sulfide) groups is 1. The quantitative estimate of drug-likeness (QED) is 0.642. The molecule has 0 bridgehead atoms. The van der Waals surface area contributed by atoms with Crippen LogP contribution >= 0.6 is 34.7 Å². The Morgan fingerprint density at radius 2 is 2.08 bits per heavy atom. The molecule has 1 amide bonds. The first kappa shape index (κ1) is 17.0.